The molecule has 1 saturated heterocycles. The van der Waals surface area contributed by atoms with Crippen molar-refractivity contribution in [1.82, 2.24) is 4.90 Å². The molecule has 1 unspecified atom stereocenters. The van der Waals surface area contributed by atoms with E-state index in [4.69, 9.17) is 0 Å². The first-order valence-corrected chi connectivity index (χ1v) is 6.28. The second-order valence-corrected chi connectivity index (χ2v) is 5.25. The highest BCUT2D eigenvalue weighted by molar-refractivity contribution is 6.38. The molecule has 0 aromatic carbocycles. The molecule has 1 amide bonds. The molecule has 0 aliphatic carbocycles. The van der Waals surface area contributed by atoms with Crippen molar-refractivity contribution in [3.05, 3.63) is 0 Å². The number of hydrogen-bond acceptors (Lipinski definition) is 4. The van der Waals surface area contributed by atoms with Crippen molar-refractivity contribution in [2.75, 3.05) is 13.7 Å². The van der Waals surface area contributed by atoms with Crippen molar-refractivity contribution in [3.8, 4) is 0 Å². The van der Waals surface area contributed by atoms with E-state index in [9.17, 15) is 14.4 Å². The van der Waals surface area contributed by atoms with Gasteiger partial charge in [-0.05, 0) is 19.3 Å². The van der Waals surface area contributed by atoms with Gasteiger partial charge in [0.2, 0.25) is 5.78 Å². The molecule has 1 aliphatic heterocycles. The van der Waals surface area contributed by atoms with Crippen LogP contribution in [0, 0.1) is 5.41 Å². The Morgan fingerprint density at radius 3 is 2.44 bits per heavy atom. The van der Waals surface area contributed by atoms with E-state index in [1.807, 2.05) is 6.92 Å². The lowest BCUT2D eigenvalue weighted by molar-refractivity contribution is -0.156. The van der Waals surface area contributed by atoms with Crippen LogP contribution in [-0.4, -0.2) is 42.3 Å². The van der Waals surface area contributed by atoms with Crippen molar-refractivity contribution in [2.45, 2.75) is 46.1 Å². The molecule has 0 bridgehead atoms. The smallest absolute Gasteiger partial charge is 0.328 e. The molecule has 0 aromatic rings. The first-order chi connectivity index (χ1) is 8.35. The molecule has 18 heavy (non-hydrogen) atoms. The van der Waals surface area contributed by atoms with E-state index >= 15 is 0 Å². The molecular weight excluding hydrogens is 234 g/mol. The zero-order valence-electron chi connectivity index (χ0n) is 11.5. The molecule has 5 heteroatoms. The van der Waals surface area contributed by atoms with Gasteiger partial charge < -0.3 is 9.64 Å². The van der Waals surface area contributed by atoms with Crippen LogP contribution < -0.4 is 0 Å². The highest BCUT2D eigenvalue weighted by Crippen LogP contribution is 2.25. The third-order valence-corrected chi connectivity index (χ3v) is 3.68. The number of hydrogen-bond donors (Lipinski definition) is 0. The Labute approximate surface area is 107 Å². The minimum absolute atomic E-state index is 0.430. The first kappa shape index (κ1) is 14.7. The van der Waals surface area contributed by atoms with Crippen LogP contribution >= 0.6 is 0 Å². The fraction of sp³-hybridized carbons (Fsp3) is 0.769. The van der Waals surface area contributed by atoms with Crippen LogP contribution in [0.25, 0.3) is 0 Å². The van der Waals surface area contributed by atoms with E-state index in [-0.39, 0.29) is 0 Å². The monoisotopic (exact) mass is 255 g/mol. The highest BCUT2D eigenvalue weighted by Gasteiger charge is 2.41. The summed E-state index contributed by atoms with van der Waals surface area (Å²) in [6, 6.07) is -0.598. The highest BCUT2D eigenvalue weighted by atomic mass is 16.5. The molecule has 0 spiro atoms. The Morgan fingerprint density at radius 1 is 1.33 bits per heavy atom. The number of carbonyl (C=O) groups is 3. The molecule has 0 saturated carbocycles. The van der Waals surface area contributed by atoms with Crippen LogP contribution in [-0.2, 0) is 19.1 Å². The summed E-state index contributed by atoms with van der Waals surface area (Å²) in [4.78, 5) is 37.1. The van der Waals surface area contributed by atoms with Crippen LogP contribution in [0.1, 0.15) is 40.0 Å². The summed E-state index contributed by atoms with van der Waals surface area (Å²) >= 11 is 0. The fourth-order valence-electron chi connectivity index (χ4n) is 1.97. The maximum absolute atomic E-state index is 12.2. The topological polar surface area (TPSA) is 63.7 Å². The van der Waals surface area contributed by atoms with Crippen molar-refractivity contribution in [1.29, 1.82) is 0 Å². The van der Waals surface area contributed by atoms with Crippen LogP contribution in [0.2, 0.25) is 0 Å². The molecule has 0 radical (unpaired) electrons. The molecule has 1 fully saturated rings. The molecular formula is C13H21NO4. The lowest BCUT2D eigenvalue weighted by atomic mass is 9.84. The molecule has 1 heterocycles. The minimum atomic E-state index is -0.680. The zero-order valence-corrected chi connectivity index (χ0v) is 11.5. The first-order valence-electron chi connectivity index (χ1n) is 6.28. The third-order valence-electron chi connectivity index (χ3n) is 3.68. The number of ketones is 1. The van der Waals surface area contributed by atoms with Gasteiger partial charge in [-0.3, -0.25) is 9.59 Å². The number of carbonyl (C=O) groups excluding carboxylic acids is 3. The van der Waals surface area contributed by atoms with Crippen LogP contribution in [0.4, 0.5) is 0 Å². The van der Waals surface area contributed by atoms with Crippen molar-refractivity contribution >= 4 is 17.7 Å². The lowest BCUT2D eigenvalue weighted by Crippen LogP contribution is -2.47. The normalized spacial score (nSPS) is 19.8. The summed E-state index contributed by atoms with van der Waals surface area (Å²) < 4.78 is 4.66. The number of methoxy groups -OCH3 is 1. The maximum atomic E-state index is 12.2. The lowest BCUT2D eigenvalue weighted by Gasteiger charge is -2.26. The molecule has 1 atom stereocenters. The predicted octanol–water partition coefficient (Wildman–Crippen LogP) is 1.16. The SMILES string of the molecule is CCC(C)(C)C(=O)C(=O)N1CCCC1C(=O)OC. The maximum Gasteiger partial charge on any atom is 0.328 e. The Bertz CT molecular complexity index is 362. The molecule has 102 valence electrons. The molecule has 0 N–H and O–H groups in total. The second-order valence-electron chi connectivity index (χ2n) is 5.25. The van der Waals surface area contributed by atoms with Gasteiger partial charge in [0.15, 0.2) is 0 Å². The van der Waals surface area contributed by atoms with E-state index in [2.05, 4.69) is 4.74 Å². The average molecular weight is 255 g/mol. The number of nitrogens with zero attached hydrogens (tertiary/aromatic N) is 1. The van der Waals surface area contributed by atoms with E-state index < -0.39 is 29.1 Å². The summed E-state index contributed by atoms with van der Waals surface area (Å²) in [5.41, 5.74) is -0.680. The minimum Gasteiger partial charge on any atom is -0.467 e. The quantitative estimate of drug-likeness (QED) is 0.558. The largest absolute Gasteiger partial charge is 0.467 e. The van der Waals surface area contributed by atoms with Crippen molar-refractivity contribution in [2.24, 2.45) is 5.41 Å². The third kappa shape index (κ3) is 2.71. The van der Waals surface area contributed by atoms with E-state index in [0.29, 0.717) is 19.4 Å². The van der Waals surface area contributed by atoms with Crippen LogP contribution in [0.5, 0.6) is 0 Å². The summed E-state index contributed by atoms with van der Waals surface area (Å²) in [6.07, 6.45) is 1.89. The molecule has 1 rings (SSSR count). The number of ether oxygens (including phenoxy) is 1. The van der Waals surface area contributed by atoms with Gasteiger partial charge in [0.1, 0.15) is 6.04 Å². The van der Waals surface area contributed by atoms with Gasteiger partial charge in [-0.1, -0.05) is 20.8 Å². The van der Waals surface area contributed by atoms with Gasteiger partial charge in [0.25, 0.3) is 5.91 Å². The zero-order chi connectivity index (χ0) is 13.9. The van der Waals surface area contributed by atoms with Crippen molar-refractivity contribution < 1.29 is 19.1 Å². The van der Waals surface area contributed by atoms with E-state index in [1.54, 1.807) is 13.8 Å². The standard InChI is InChI=1S/C13H21NO4/c1-5-13(2,3)10(15)11(16)14-8-6-7-9(14)12(17)18-4/h9H,5-8H2,1-4H3. The van der Waals surface area contributed by atoms with E-state index in [0.717, 1.165) is 6.42 Å². The summed E-state index contributed by atoms with van der Waals surface area (Å²) in [5, 5.41) is 0. The Kier molecular flexibility index (Phi) is 4.48. The Hall–Kier alpha value is -1.39. The Morgan fingerprint density at radius 2 is 1.94 bits per heavy atom. The Balaban J connectivity index is 2.84. The second kappa shape index (κ2) is 5.50. The van der Waals surface area contributed by atoms with Crippen LogP contribution in [0.3, 0.4) is 0 Å². The number of likely N-dealkylation sites (tertiary alicyclic amines) is 1. The van der Waals surface area contributed by atoms with Gasteiger partial charge in [-0.15, -0.1) is 0 Å². The average Bonchev–Trinajstić information content (AvgIpc) is 2.85. The number of Topliss-reactive ketones (excluding diaryl/α,β-unsaturated/α-hetero) is 1. The van der Waals surface area contributed by atoms with E-state index in [1.165, 1.54) is 12.0 Å². The number of rotatable bonds is 4. The van der Waals surface area contributed by atoms with Gasteiger partial charge in [0, 0.05) is 12.0 Å². The molecule has 1 aliphatic rings. The molecule has 0 aromatic heterocycles. The van der Waals surface area contributed by atoms with Crippen molar-refractivity contribution in [3.63, 3.8) is 0 Å². The fourth-order valence-corrected chi connectivity index (χ4v) is 1.97. The molecule has 5 nitrogen and oxygen atoms in total. The van der Waals surface area contributed by atoms with Crippen LogP contribution in [0.15, 0.2) is 0 Å². The summed E-state index contributed by atoms with van der Waals surface area (Å²) in [6.45, 7) is 5.81. The van der Waals surface area contributed by atoms with Gasteiger partial charge >= 0.3 is 5.97 Å². The summed E-state index contributed by atoms with van der Waals surface area (Å²) in [5.74, 6) is -1.43. The van der Waals surface area contributed by atoms with Gasteiger partial charge in [0.05, 0.1) is 7.11 Å². The van der Waals surface area contributed by atoms with Gasteiger partial charge in [-0.25, -0.2) is 4.79 Å². The predicted molar refractivity (Wildman–Crippen MR) is 65.8 cm³/mol. The summed E-state index contributed by atoms with van der Waals surface area (Å²) in [7, 11) is 1.29. The number of amides is 1. The number of esters is 1. The van der Waals surface area contributed by atoms with Gasteiger partial charge in [-0.2, -0.15) is 0 Å².